The first-order valence-electron chi connectivity index (χ1n) is 6.91. The second-order valence-electron chi connectivity index (χ2n) is 4.71. The molecule has 0 saturated heterocycles. The van der Waals surface area contributed by atoms with Crippen molar-refractivity contribution in [3.63, 3.8) is 0 Å². The summed E-state index contributed by atoms with van der Waals surface area (Å²) in [5.74, 6) is 0.134. The van der Waals surface area contributed by atoms with E-state index in [2.05, 4.69) is 5.48 Å². The van der Waals surface area contributed by atoms with Crippen LogP contribution in [0.15, 0.2) is 42.5 Å². The molecule has 2 aromatic carbocycles. The van der Waals surface area contributed by atoms with E-state index < -0.39 is 5.97 Å². The maximum Gasteiger partial charge on any atom is 0.369 e. The van der Waals surface area contributed by atoms with Crippen LogP contribution in [0.25, 0.3) is 0 Å². The van der Waals surface area contributed by atoms with E-state index in [4.69, 9.17) is 14.3 Å². The molecule has 2 aromatic rings. The number of hydrogen-bond donors (Lipinski definition) is 1. The first-order valence-corrected chi connectivity index (χ1v) is 6.91. The highest BCUT2D eigenvalue weighted by molar-refractivity contribution is 5.76. The summed E-state index contributed by atoms with van der Waals surface area (Å²) in [6.07, 6.45) is 0.701. The Balaban J connectivity index is 1.89. The molecule has 0 spiro atoms. The molecular weight excluding hydrogens is 298 g/mol. The Bertz CT molecular complexity index is 699. The van der Waals surface area contributed by atoms with Crippen molar-refractivity contribution in [2.24, 2.45) is 0 Å². The van der Waals surface area contributed by atoms with Gasteiger partial charge in [0.15, 0.2) is 18.1 Å². The molecule has 0 saturated carbocycles. The Morgan fingerprint density at radius 2 is 1.96 bits per heavy atom. The number of aldehydes is 1. The second kappa shape index (κ2) is 7.84. The molecular formula is C17H17NO5. The summed E-state index contributed by atoms with van der Waals surface area (Å²) in [7, 11) is 1.45. The van der Waals surface area contributed by atoms with Crippen molar-refractivity contribution in [1.82, 2.24) is 0 Å². The number of aryl methyl sites for hydroxylation is 1. The van der Waals surface area contributed by atoms with Crippen molar-refractivity contribution in [2.45, 2.75) is 6.92 Å². The number of rotatable bonds is 7. The van der Waals surface area contributed by atoms with Crippen molar-refractivity contribution in [2.75, 3.05) is 19.2 Å². The number of carbonyl (C=O) groups excluding carboxylic acids is 2. The number of methoxy groups -OCH3 is 1. The van der Waals surface area contributed by atoms with Gasteiger partial charge in [-0.1, -0.05) is 18.2 Å². The fourth-order valence-electron chi connectivity index (χ4n) is 1.84. The number of para-hydroxylation sites is 1. The third-order valence-electron chi connectivity index (χ3n) is 3.09. The molecule has 0 radical (unpaired) electrons. The van der Waals surface area contributed by atoms with E-state index in [1.54, 1.807) is 18.2 Å². The summed E-state index contributed by atoms with van der Waals surface area (Å²) < 4.78 is 10.5. The lowest BCUT2D eigenvalue weighted by atomic mass is 10.2. The van der Waals surface area contributed by atoms with E-state index in [9.17, 15) is 9.59 Å². The van der Waals surface area contributed by atoms with E-state index >= 15 is 0 Å². The zero-order valence-corrected chi connectivity index (χ0v) is 12.9. The number of hydrogen-bond acceptors (Lipinski definition) is 6. The van der Waals surface area contributed by atoms with E-state index in [0.717, 1.165) is 5.56 Å². The average molecular weight is 315 g/mol. The molecule has 0 atom stereocenters. The summed E-state index contributed by atoms with van der Waals surface area (Å²) in [4.78, 5) is 27.4. The standard InChI is InChI=1S/C17H17NO5/c1-12-5-3-4-6-14(12)18-23-17(20)11-22-15-8-7-13(10-19)9-16(15)21-2/h3-10,18H,11H2,1-2H3. The van der Waals surface area contributed by atoms with Gasteiger partial charge in [0.25, 0.3) is 0 Å². The molecule has 0 unspecified atom stereocenters. The lowest BCUT2D eigenvalue weighted by molar-refractivity contribution is -0.143. The Morgan fingerprint density at radius 1 is 1.17 bits per heavy atom. The Kier molecular flexibility index (Phi) is 5.57. The van der Waals surface area contributed by atoms with Gasteiger partial charge in [-0.25, -0.2) is 10.3 Å². The van der Waals surface area contributed by atoms with Gasteiger partial charge in [-0.2, -0.15) is 0 Å². The average Bonchev–Trinajstić information content (AvgIpc) is 2.59. The molecule has 120 valence electrons. The number of nitrogens with one attached hydrogen (secondary N) is 1. The Labute approximate surface area is 133 Å². The molecule has 0 aliphatic heterocycles. The smallest absolute Gasteiger partial charge is 0.369 e. The van der Waals surface area contributed by atoms with Crippen LogP contribution in [0, 0.1) is 6.92 Å². The molecule has 0 bridgehead atoms. The van der Waals surface area contributed by atoms with Crippen LogP contribution in [0.5, 0.6) is 11.5 Å². The lowest BCUT2D eigenvalue weighted by Gasteiger charge is -2.12. The highest BCUT2D eigenvalue weighted by Crippen LogP contribution is 2.27. The van der Waals surface area contributed by atoms with E-state index in [-0.39, 0.29) is 6.61 Å². The van der Waals surface area contributed by atoms with Crippen LogP contribution < -0.4 is 15.0 Å². The van der Waals surface area contributed by atoms with Crippen molar-refractivity contribution >= 4 is 17.9 Å². The number of benzene rings is 2. The molecule has 23 heavy (non-hydrogen) atoms. The Morgan fingerprint density at radius 3 is 2.65 bits per heavy atom. The maximum atomic E-state index is 11.7. The van der Waals surface area contributed by atoms with Crippen LogP contribution in [-0.4, -0.2) is 26.0 Å². The first-order chi connectivity index (χ1) is 11.1. The SMILES string of the molecule is COc1cc(C=O)ccc1OCC(=O)ONc1ccccc1C. The van der Waals surface area contributed by atoms with Gasteiger partial charge in [0.2, 0.25) is 0 Å². The molecule has 0 aliphatic rings. The van der Waals surface area contributed by atoms with Crippen LogP contribution in [0.2, 0.25) is 0 Å². The van der Waals surface area contributed by atoms with Crippen molar-refractivity contribution in [3.05, 3.63) is 53.6 Å². The normalized spacial score (nSPS) is 9.83. The van der Waals surface area contributed by atoms with Gasteiger partial charge in [0, 0.05) is 5.56 Å². The zero-order valence-electron chi connectivity index (χ0n) is 12.9. The largest absolute Gasteiger partial charge is 0.493 e. The van der Waals surface area contributed by atoms with E-state index in [1.807, 2.05) is 25.1 Å². The van der Waals surface area contributed by atoms with Gasteiger partial charge < -0.3 is 14.3 Å². The molecule has 2 rings (SSSR count). The molecule has 6 nitrogen and oxygen atoms in total. The van der Waals surface area contributed by atoms with Crippen LogP contribution in [0.3, 0.4) is 0 Å². The fraction of sp³-hybridized carbons (Fsp3) is 0.176. The van der Waals surface area contributed by atoms with Crippen LogP contribution in [0.1, 0.15) is 15.9 Å². The van der Waals surface area contributed by atoms with Gasteiger partial charge in [-0.05, 0) is 36.8 Å². The van der Waals surface area contributed by atoms with Crippen molar-refractivity contribution in [3.8, 4) is 11.5 Å². The van der Waals surface area contributed by atoms with Gasteiger partial charge in [0.1, 0.15) is 6.29 Å². The van der Waals surface area contributed by atoms with E-state index in [1.165, 1.54) is 13.2 Å². The summed E-state index contributed by atoms with van der Waals surface area (Å²) >= 11 is 0. The molecule has 0 amide bonds. The minimum atomic E-state index is -0.588. The molecule has 0 aromatic heterocycles. The minimum absolute atomic E-state index is 0.296. The van der Waals surface area contributed by atoms with Crippen LogP contribution in [-0.2, 0) is 9.63 Å². The number of anilines is 1. The monoisotopic (exact) mass is 315 g/mol. The van der Waals surface area contributed by atoms with Crippen molar-refractivity contribution in [1.29, 1.82) is 0 Å². The summed E-state index contributed by atoms with van der Waals surface area (Å²) in [6.45, 7) is 1.60. The molecule has 0 heterocycles. The predicted octanol–water partition coefficient (Wildman–Crippen LogP) is 2.77. The van der Waals surface area contributed by atoms with Gasteiger partial charge in [-0.3, -0.25) is 4.79 Å². The summed E-state index contributed by atoms with van der Waals surface area (Å²) in [5.41, 5.74) is 4.70. The third kappa shape index (κ3) is 4.47. The predicted molar refractivity (Wildman–Crippen MR) is 84.8 cm³/mol. The third-order valence-corrected chi connectivity index (χ3v) is 3.09. The minimum Gasteiger partial charge on any atom is -0.493 e. The quantitative estimate of drug-likeness (QED) is 0.625. The zero-order chi connectivity index (χ0) is 16.7. The number of ether oxygens (including phenoxy) is 2. The Hall–Kier alpha value is -3.02. The second-order valence-corrected chi connectivity index (χ2v) is 4.71. The lowest BCUT2D eigenvalue weighted by Crippen LogP contribution is -2.18. The van der Waals surface area contributed by atoms with Gasteiger partial charge >= 0.3 is 5.97 Å². The highest BCUT2D eigenvalue weighted by Gasteiger charge is 2.10. The highest BCUT2D eigenvalue weighted by atomic mass is 16.7. The first kappa shape index (κ1) is 16.4. The van der Waals surface area contributed by atoms with E-state index in [0.29, 0.717) is 29.0 Å². The molecule has 0 aliphatic carbocycles. The van der Waals surface area contributed by atoms with Crippen LogP contribution in [0.4, 0.5) is 5.69 Å². The van der Waals surface area contributed by atoms with Crippen LogP contribution >= 0.6 is 0 Å². The fourth-order valence-corrected chi connectivity index (χ4v) is 1.84. The topological polar surface area (TPSA) is 73.9 Å². The van der Waals surface area contributed by atoms with Crippen molar-refractivity contribution < 1.29 is 23.9 Å². The summed E-state index contributed by atoms with van der Waals surface area (Å²) in [6, 6.07) is 12.1. The molecule has 1 N–H and O–H groups in total. The maximum absolute atomic E-state index is 11.7. The molecule has 6 heteroatoms. The molecule has 0 fully saturated rings. The number of carbonyl (C=O) groups is 2. The van der Waals surface area contributed by atoms with Gasteiger partial charge in [0.05, 0.1) is 12.8 Å². The summed E-state index contributed by atoms with van der Waals surface area (Å²) in [5, 5.41) is 0. The van der Waals surface area contributed by atoms with Gasteiger partial charge in [-0.15, -0.1) is 0 Å².